The fourth-order valence-corrected chi connectivity index (χ4v) is 8.64. The Labute approximate surface area is 350 Å². The highest BCUT2D eigenvalue weighted by atomic mass is 16.3. The molecule has 0 saturated heterocycles. The van der Waals surface area contributed by atoms with Crippen LogP contribution in [0.2, 0.25) is 0 Å². The highest BCUT2D eigenvalue weighted by Crippen LogP contribution is 2.42. The van der Waals surface area contributed by atoms with Gasteiger partial charge in [0.2, 0.25) is 0 Å². The van der Waals surface area contributed by atoms with E-state index < -0.39 is 0 Å². The molecule has 286 valence electrons. The first-order valence-corrected chi connectivity index (χ1v) is 20.3. The van der Waals surface area contributed by atoms with E-state index in [4.69, 9.17) is 23.8 Å². The van der Waals surface area contributed by atoms with Crippen molar-refractivity contribution in [2.45, 2.75) is 0 Å². The van der Waals surface area contributed by atoms with E-state index in [1.165, 1.54) is 0 Å². The third-order valence-corrected chi connectivity index (χ3v) is 11.5. The Balaban J connectivity index is 1.08. The number of para-hydroxylation sites is 4. The zero-order valence-electron chi connectivity index (χ0n) is 32.7. The predicted molar refractivity (Wildman–Crippen MR) is 248 cm³/mol. The molecule has 12 aromatic rings. The van der Waals surface area contributed by atoms with Gasteiger partial charge in [-0.3, -0.25) is 0 Å². The fourth-order valence-electron chi connectivity index (χ4n) is 8.64. The molecule has 0 unspecified atom stereocenters. The van der Waals surface area contributed by atoms with Gasteiger partial charge < -0.3 is 13.7 Å². The lowest BCUT2D eigenvalue weighted by Gasteiger charge is -2.25. The maximum atomic E-state index is 6.64. The third kappa shape index (κ3) is 6.00. The minimum atomic E-state index is 0.548. The molecule has 0 radical (unpaired) electrons. The molecule has 0 bridgehead atoms. The first-order chi connectivity index (χ1) is 30.2. The number of furan rings is 2. The van der Waals surface area contributed by atoms with Crippen molar-refractivity contribution in [1.82, 2.24) is 15.0 Å². The topological polar surface area (TPSA) is 68.2 Å². The van der Waals surface area contributed by atoms with Crippen LogP contribution in [0.4, 0.5) is 17.1 Å². The Hall–Kier alpha value is -8.35. The van der Waals surface area contributed by atoms with Gasteiger partial charge in [0, 0.05) is 55.3 Å². The van der Waals surface area contributed by atoms with E-state index in [0.29, 0.717) is 17.5 Å². The molecule has 12 rings (SSSR count). The summed E-state index contributed by atoms with van der Waals surface area (Å²) in [4.78, 5) is 18.2. The Bertz CT molecular complexity index is 3560. The lowest BCUT2D eigenvalue weighted by Crippen LogP contribution is -2.09. The molecule has 0 N–H and O–H groups in total. The van der Waals surface area contributed by atoms with Crippen molar-refractivity contribution in [3.8, 4) is 45.3 Å². The maximum Gasteiger partial charge on any atom is 0.164 e. The Morgan fingerprint density at radius 1 is 0.311 bits per heavy atom. The van der Waals surface area contributed by atoms with Crippen molar-refractivity contribution in [2.75, 3.05) is 4.90 Å². The van der Waals surface area contributed by atoms with Crippen LogP contribution in [-0.2, 0) is 0 Å². The average Bonchev–Trinajstić information content (AvgIpc) is 3.91. The van der Waals surface area contributed by atoms with Crippen molar-refractivity contribution >= 4 is 71.7 Å². The van der Waals surface area contributed by atoms with Crippen molar-refractivity contribution < 1.29 is 8.83 Å². The molecule has 0 atom stereocenters. The largest absolute Gasteiger partial charge is 0.456 e. The van der Waals surface area contributed by atoms with Gasteiger partial charge in [-0.1, -0.05) is 133 Å². The van der Waals surface area contributed by atoms with Crippen LogP contribution >= 0.6 is 0 Å². The van der Waals surface area contributed by atoms with E-state index in [1.54, 1.807) is 0 Å². The quantitative estimate of drug-likeness (QED) is 0.160. The zero-order valence-corrected chi connectivity index (χ0v) is 32.7. The smallest absolute Gasteiger partial charge is 0.164 e. The minimum Gasteiger partial charge on any atom is -0.456 e. The normalized spacial score (nSPS) is 11.6. The van der Waals surface area contributed by atoms with E-state index in [2.05, 4.69) is 150 Å². The van der Waals surface area contributed by atoms with Gasteiger partial charge in [-0.05, 0) is 94.7 Å². The van der Waals surface area contributed by atoms with Gasteiger partial charge >= 0.3 is 0 Å². The van der Waals surface area contributed by atoms with Gasteiger partial charge in [-0.25, -0.2) is 15.0 Å². The molecule has 0 aliphatic carbocycles. The molecule has 0 aliphatic heterocycles. The van der Waals surface area contributed by atoms with Crippen LogP contribution in [0.3, 0.4) is 0 Å². The number of anilines is 3. The van der Waals surface area contributed by atoms with E-state index in [-0.39, 0.29) is 0 Å². The van der Waals surface area contributed by atoms with E-state index in [1.807, 2.05) is 60.7 Å². The lowest BCUT2D eigenvalue weighted by molar-refractivity contribution is 0.668. The third-order valence-electron chi connectivity index (χ3n) is 11.5. The number of benzene rings is 9. The summed E-state index contributed by atoms with van der Waals surface area (Å²) in [5.74, 6) is 1.68. The fraction of sp³-hybridized carbons (Fsp3) is 0. The zero-order chi connectivity index (χ0) is 40.3. The predicted octanol–water partition coefficient (Wildman–Crippen LogP) is 15.0. The second-order valence-electron chi connectivity index (χ2n) is 15.2. The Morgan fingerprint density at radius 3 is 1.54 bits per heavy atom. The molecule has 0 aliphatic rings. The van der Waals surface area contributed by atoms with Crippen LogP contribution in [0.5, 0.6) is 0 Å². The van der Waals surface area contributed by atoms with E-state index in [9.17, 15) is 0 Å². The van der Waals surface area contributed by atoms with Gasteiger partial charge in [0.1, 0.15) is 22.3 Å². The molecule has 61 heavy (non-hydrogen) atoms. The molecule has 3 aromatic heterocycles. The average molecular weight is 783 g/mol. The van der Waals surface area contributed by atoms with Gasteiger partial charge in [-0.2, -0.15) is 0 Å². The second-order valence-corrected chi connectivity index (χ2v) is 15.2. The van der Waals surface area contributed by atoms with Crippen LogP contribution in [-0.4, -0.2) is 15.0 Å². The summed E-state index contributed by atoms with van der Waals surface area (Å²) in [6.07, 6.45) is 0. The molecule has 0 amide bonds. The van der Waals surface area contributed by atoms with Gasteiger partial charge in [0.05, 0.1) is 0 Å². The maximum absolute atomic E-state index is 6.64. The summed E-state index contributed by atoms with van der Waals surface area (Å²) in [5.41, 5.74) is 11.0. The molecular weight excluding hydrogens is 749 g/mol. The molecular formula is C55H34N4O2. The first kappa shape index (κ1) is 34.7. The number of aromatic nitrogens is 3. The molecule has 0 spiro atoms. The van der Waals surface area contributed by atoms with Gasteiger partial charge in [-0.15, -0.1) is 0 Å². The number of hydrogen-bond acceptors (Lipinski definition) is 6. The number of nitrogens with zero attached hydrogens (tertiary/aromatic N) is 4. The van der Waals surface area contributed by atoms with Crippen LogP contribution in [0.1, 0.15) is 0 Å². The number of fused-ring (bicyclic) bond motifs is 7. The van der Waals surface area contributed by atoms with Crippen LogP contribution < -0.4 is 4.90 Å². The number of hydrogen-bond donors (Lipinski definition) is 0. The molecule has 0 fully saturated rings. The standard InChI is InChI=1S/C55H34N4O2/c1-3-16-40(17-4-1)59(41-18-5-2-6-19-41)42-30-28-36(29-31-42)39-33-46(52-44-21-10-12-24-48(44)61-50(52)34-39)55-57-53(38-27-26-35-14-7-8-15-37(35)32-38)56-54(58-55)45-22-13-25-49-51(45)43-20-9-11-23-47(43)60-49/h1-34H. The monoisotopic (exact) mass is 782 g/mol. The van der Waals surface area contributed by atoms with Crippen molar-refractivity contribution in [3.05, 3.63) is 206 Å². The van der Waals surface area contributed by atoms with Gasteiger partial charge in [0.25, 0.3) is 0 Å². The summed E-state index contributed by atoms with van der Waals surface area (Å²) in [7, 11) is 0. The summed E-state index contributed by atoms with van der Waals surface area (Å²) in [5, 5.41) is 6.17. The van der Waals surface area contributed by atoms with Gasteiger partial charge in [0.15, 0.2) is 17.5 Å². The molecule has 6 nitrogen and oxygen atoms in total. The Morgan fingerprint density at radius 2 is 0.836 bits per heavy atom. The first-order valence-electron chi connectivity index (χ1n) is 20.3. The summed E-state index contributed by atoms with van der Waals surface area (Å²) in [6.45, 7) is 0. The molecule has 3 heterocycles. The Kier molecular flexibility index (Phi) is 8.06. The lowest BCUT2D eigenvalue weighted by atomic mass is 9.97. The molecule has 0 saturated carbocycles. The summed E-state index contributed by atoms with van der Waals surface area (Å²) >= 11 is 0. The van der Waals surface area contributed by atoms with Crippen molar-refractivity contribution in [1.29, 1.82) is 0 Å². The SMILES string of the molecule is c1ccc(N(c2ccccc2)c2ccc(-c3cc(-c4nc(-c5ccc6ccccc6c5)nc(-c5cccc6oc7ccccc7c56)n4)c4c(c3)oc3ccccc34)cc2)cc1. The van der Waals surface area contributed by atoms with Crippen molar-refractivity contribution in [3.63, 3.8) is 0 Å². The summed E-state index contributed by atoms with van der Waals surface area (Å²) < 4.78 is 13.0. The highest BCUT2D eigenvalue weighted by molar-refractivity contribution is 6.14. The van der Waals surface area contributed by atoms with E-state index >= 15 is 0 Å². The minimum absolute atomic E-state index is 0.548. The van der Waals surface area contributed by atoms with Crippen LogP contribution in [0.25, 0.3) is 99.9 Å². The number of rotatable bonds is 7. The van der Waals surface area contributed by atoms with Crippen LogP contribution in [0, 0.1) is 0 Å². The highest BCUT2D eigenvalue weighted by Gasteiger charge is 2.22. The van der Waals surface area contributed by atoms with Crippen molar-refractivity contribution in [2.24, 2.45) is 0 Å². The van der Waals surface area contributed by atoms with E-state index in [0.717, 1.165) is 99.5 Å². The second kappa shape index (κ2) is 14.2. The molecule has 6 heteroatoms. The van der Waals surface area contributed by atoms with Crippen LogP contribution in [0.15, 0.2) is 215 Å². The summed E-state index contributed by atoms with van der Waals surface area (Å²) in [6, 6.07) is 71.0. The molecule has 9 aromatic carbocycles.